The van der Waals surface area contributed by atoms with E-state index in [1.165, 1.54) is 0 Å². The highest BCUT2D eigenvalue weighted by Gasteiger charge is 2.17. The molecule has 0 bridgehead atoms. The van der Waals surface area contributed by atoms with Crippen molar-refractivity contribution in [2.45, 2.75) is 19.6 Å². The number of benzene rings is 1. The largest absolute Gasteiger partial charge is 0.488 e. The molecule has 1 aromatic carbocycles. The molecule has 166 valence electrons. The van der Waals surface area contributed by atoms with Gasteiger partial charge in [-0.3, -0.25) is 4.57 Å². The van der Waals surface area contributed by atoms with Crippen LogP contribution in [0.25, 0.3) is 17.1 Å². The molecule has 0 amide bonds. The van der Waals surface area contributed by atoms with Gasteiger partial charge >= 0.3 is 0 Å². The molecule has 9 nitrogen and oxygen atoms in total. The van der Waals surface area contributed by atoms with Gasteiger partial charge in [0.15, 0.2) is 11.6 Å². The zero-order valence-corrected chi connectivity index (χ0v) is 18.3. The Hall–Kier alpha value is -3.01. The number of hydrogen-bond acceptors (Lipinski definition) is 8. The minimum atomic E-state index is -0.0410. The third-order valence-corrected chi connectivity index (χ3v) is 4.43. The van der Waals surface area contributed by atoms with Crippen LogP contribution < -0.4 is 9.47 Å². The van der Waals surface area contributed by atoms with Gasteiger partial charge in [-0.15, -0.1) is 10.2 Å². The van der Waals surface area contributed by atoms with Gasteiger partial charge in [-0.1, -0.05) is 0 Å². The van der Waals surface area contributed by atoms with Crippen molar-refractivity contribution in [2.75, 3.05) is 41.2 Å². The van der Waals surface area contributed by atoms with E-state index in [-0.39, 0.29) is 12.7 Å². The molecule has 0 radical (unpaired) electrons. The first-order valence-electron chi connectivity index (χ1n) is 9.93. The summed E-state index contributed by atoms with van der Waals surface area (Å²) in [6.07, 6.45) is 1.68. The van der Waals surface area contributed by atoms with Gasteiger partial charge in [0, 0.05) is 25.8 Å². The lowest BCUT2D eigenvalue weighted by Crippen LogP contribution is -2.17. The van der Waals surface area contributed by atoms with E-state index >= 15 is 0 Å². The molecule has 0 aliphatic rings. The molecular weight excluding hydrogens is 400 g/mol. The topological polar surface area (TPSA) is 89.8 Å². The molecule has 0 saturated carbocycles. The molecule has 2 heterocycles. The van der Waals surface area contributed by atoms with E-state index in [0.29, 0.717) is 37.3 Å². The van der Waals surface area contributed by atoms with E-state index in [1.54, 1.807) is 33.6 Å². The number of aromatic nitrogens is 4. The first-order valence-corrected chi connectivity index (χ1v) is 9.93. The summed E-state index contributed by atoms with van der Waals surface area (Å²) in [5, 5.41) is 8.75. The van der Waals surface area contributed by atoms with Gasteiger partial charge in [0.1, 0.15) is 18.5 Å². The maximum absolute atomic E-state index is 5.84. The summed E-state index contributed by atoms with van der Waals surface area (Å²) in [7, 11) is 4.87. The third-order valence-electron chi connectivity index (χ3n) is 4.43. The van der Waals surface area contributed by atoms with Crippen molar-refractivity contribution >= 4 is 0 Å². The number of nitrogens with zero attached hydrogens (tertiary/aromatic N) is 4. The van der Waals surface area contributed by atoms with Gasteiger partial charge in [0.2, 0.25) is 5.88 Å². The fourth-order valence-electron chi connectivity index (χ4n) is 2.98. The predicted octanol–water partition coefficient (Wildman–Crippen LogP) is 2.91. The van der Waals surface area contributed by atoms with Crippen molar-refractivity contribution in [1.82, 2.24) is 19.7 Å². The Labute approximate surface area is 181 Å². The van der Waals surface area contributed by atoms with Crippen molar-refractivity contribution in [1.29, 1.82) is 0 Å². The smallest absolute Gasteiger partial charge is 0.213 e. The van der Waals surface area contributed by atoms with Crippen LogP contribution in [0.5, 0.6) is 11.6 Å². The number of ether oxygens (including phenoxy) is 5. The first kappa shape index (κ1) is 22.7. The van der Waals surface area contributed by atoms with Crippen molar-refractivity contribution in [3.63, 3.8) is 0 Å². The van der Waals surface area contributed by atoms with Gasteiger partial charge in [-0.2, -0.15) is 0 Å². The second-order valence-corrected chi connectivity index (χ2v) is 6.79. The Morgan fingerprint density at radius 3 is 2.39 bits per heavy atom. The van der Waals surface area contributed by atoms with Gasteiger partial charge in [-0.25, -0.2) is 4.98 Å². The lowest BCUT2D eigenvalue weighted by Gasteiger charge is -2.14. The molecule has 31 heavy (non-hydrogen) atoms. The van der Waals surface area contributed by atoms with Gasteiger partial charge in [-0.05, 0) is 37.3 Å². The molecule has 0 unspecified atom stereocenters. The highest BCUT2D eigenvalue weighted by atomic mass is 16.5. The number of hydrogen-bond donors (Lipinski definition) is 0. The van der Waals surface area contributed by atoms with E-state index in [1.807, 2.05) is 41.8 Å². The average molecular weight is 428 g/mol. The maximum atomic E-state index is 5.84. The molecule has 3 rings (SSSR count). The van der Waals surface area contributed by atoms with Crippen LogP contribution in [0.1, 0.15) is 12.7 Å². The molecular formula is C22H28N4O5. The van der Waals surface area contributed by atoms with Crippen molar-refractivity contribution in [3.05, 3.63) is 48.4 Å². The minimum absolute atomic E-state index is 0.0410. The molecule has 0 N–H and O–H groups in total. The molecule has 9 heteroatoms. The zero-order chi connectivity index (χ0) is 22.1. The lowest BCUT2D eigenvalue weighted by molar-refractivity contribution is 0.0580. The zero-order valence-electron chi connectivity index (χ0n) is 18.3. The third kappa shape index (κ3) is 6.00. The molecule has 0 fully saturated rings. The second kappa shape index (κ2) is 11.4. The Kier molecular flexibility index (Phi) is 8.34. The number of rotatable bonds is 12. The lowest BCUT2D eigenvalue weighted by atomic mass is 10.2. The summed E-state index contributed by atoms with van der Waals surface area (Å²) >= 11 is 0. The van der Waals surface area contributed by atoms with Gasteiger partial charge in [0.25, 0.3) is 0 Å². The van der Waals surface area contributed by atoms with Crippen molar-refractivity contribution in [3.8, 4) is 28.7 Å². The normalized spacial score (nSPS) is 12.0. The van der Waals surface area contributed by atoms with Crippen LogP contribution in [0.15, 0.2) is 42.6 Å². The van der Waals surface area contributed by atoms with E-state index in [2.05, 4.69) is 15.2 Å². The van der Waals surface area contributed by atoms with Gasteiger partial charge < -0.3 is 23.7 Å². The van der Waals surface area contributed by atoms with Crippen molar-refractivity contribution < 1.29 is 23.7 Å². The standard InChI is InChI=1S/C22H28N4O5/c1-16(14-28-3)31-19-8-5-17(6-9-19)22-25-24-20(15-30-12-11-27-2)26(22)18-7-10-21(29-4)23-13-18/h5-10,13,16H,11-12,14-15H2,1-4H3/t16-/m1/s1. The molecule has 0 saturated heterocycles. The first-order chi connectivity index (χ1) is 15.2. The van der Waals surface area contributed by atoms with E-state index in [4.69, 9.17) is 23.7 Å². The number of methoxy groups -OCH3 is 3. The van der Waals surface area contributed by atoms with Crippen LogP contribution in [0.3, 0.4) is 0 Å². The summed E-state index contributed by atoms with van der Waals surface area (Å²) < 4.78 is 28.8. The summed E-state index contributed by atoms with van der Waals surface area (Å²) in [5.74, 6) is 2.62. The van der Waals surface area contributed by atoms with Crippen molar-refractivity contribution in [2.24, 2.45) is 0 Å². The minimum Gasteiger partial charge on any atom is -0.488 e. The summed E-state index contributed by atoms with van der Waals surface area (Å²) in [4.78, 5) is 4.31. The second-order valence-electron chi connectivity index (χ2n) is 6.79. The molecule has 0 spiro atoms. The highest BCUT2D eigenvalue weighted by molar-refractivity contribution is 5.59. The molecule has 1 atom stereocenters. The maximum Gasteiger partial charge on any atom is 0.213 e. The highest BCUT2D eigenvalue weighted by Crippen LogP contribution is 2.26. The SMILES string of the molecule is COCCOCc1nnc(-c2ccc(O[C@H](C)COC)cc2)n1-c1ccc(OC)nc1. The van der Waals surface area contributed by atoms with E-state index in [9.17, 15) is 0 Å². The summed E-state index contributed by atoms with van der Waals surface area (Å²) in [6.45, 7) is 3.74. The Morgan fingerprint density at radius 2 is 1.74 bits per heavy atom. The fourth-order valence-corrected chi connectivity index (χ4v) is 2.98. The van der Waals surface area contributed by atoms with Crippen LogP contribution in [0.2, 0.25) is 0 Å². The van der Waals surface area contributed by atoms with Crippen LogP contribution in [-0.2, 0) is 20.8 Å². The Balaban J connectivity index is 1.89. The Morgan fingerprint density at radius 1 is 0.935 bits per heavy atom. The van der Waals surface area contributed by atoms with Crippen LogP contribution in [0, 0.1) is 0 Å². The predicted molar refractivity (Wildman–Crippen MR) is 115 cm³/mol. The summed E-state index contributed by atoms with van der Waals surface area (Å²) in [5.41, 5.74) is 1.69. The molecule has 3 aromatic rings. The van der Waals surface area contributed by atoms with E-state index < -0.39 is 0 Å². The van der Waals surface area contributed by atoms with Crippen LogP contribution in [-0.4, -0.2) is 67.0 Å². The number of pyridine rings is 1. The van der Waals surface area contributed by atoms with E-state index in [0.717, 1.165) is 17.0 Å². The fraction of sp³-hybridized carbons (Fsp3) is 0.409. The van der Waals surface area contributed by atoms with Crippen LogP contribution in [0.4, 0.5) is 0 Å². The van der Waals surface area contributed by atoms with Crippen LogP contribution >= 0.6 is 0 Å². The quantitative estimate of drug-likeness (QED) is 0.407. The monoisotopic (exact) mass is 428 g/mol. The molecule has 0 aliphatic carbocycles. The Bertz CT molecular complexity index is 928. The molecule has 2 aromatic heterocycles. The van der Waals surface area contributed by atoms with Gasteiger partial charge in [0.05, 0.1) is 38.8 Å². The average Bonchev–Trinajstić information content (AvgIpc) is 3.21. The molecule has 0 aliphatic heterocycles. The summed E-state index contributed by atoms with van der Waals surface area (Å²) in [6, 6.07) is 11.4.